The van der Waals surface area contributed by atoms with E-state index in [1.54, 1.807) is 18.2 Å². The minimum absolute atomic E-state index is 0.571. The molecule has 7 heteroatoms. The second-order valence-corrected chi connectivity index (χ2v) is 5.78. The topological polar surface area (TPSA) is 61.6 Å². The number of hydrogen-bond donors (Lipinski definition) is 1. The average molecular weight is 366 g/mol. The molecule has 98 valence electrons. The van der Waals surface area contributed by atoms with Crippen LogP contribution in [0.25, 0.3) is 11.0 Å². The van der Waals surface area contributed by atoms with Crippen molar-refractivity contribution in [3.8, 4) is 6.07 Å². The Labute approximate surface area is 132 Å². The third-order valence-electron chi connectivity index (χ3n) is 2.73. The van der Waals surface area contributed by atoms with E-state index in [0.717, 1.165) is 32.9 Å². The fraction of sp³-hybridized carbons (Fsp3) is 0. The first-order valence-electron chi connectivity index (χ1n) is 5.56. The van der Waals surface area contributed by atoms with E-state index in [2.05, 4.69) is 36.1 Å². The predicted octanol–water partition coefficient (Wildman–Crippen LogP) is 4.72. The first-order chi connectivity index (χ1) is 9.69. The van der Waals surface area contributed by atoms with Gasteiger partial charge in [-0.2, -0.15) is 14.0 Å². The van der Waals surface area contributed by atoms with Crippen LogP contribution < -0.4 is 5.32 Å². The fourth-order valence-corrected chi connectivity index (χ4v) is 2.99. The van der Waals surface area contributed by atoms with Crippen LogP contribution in [0.15, 0.2) is 34.8 Å². The molecule has 0 bridgehead atoms. The van der Waals surface area contributed by atoms with Gasteiger partial charge in [-0.3, -0.25) is 0 Å². The Hall–Kier alpha value is -1.68. The largest absolute Gasteiger partial charge is 0.352 e. The molecule has 0 aliphatic heterocycles. The molecule has 4 nitrogen and oxygen atoms in total. The molecule has 0 aliphatic rings. The zero-order valence-corrected chi connectivity index (χ0v) is 13.1. The Bertz CT molecular complexity index is 840. The quantitative estimate of drug-likeness (QED) is 0.713. The summed E-state index contributed by atoms with van der Waals surface area (Å²) in [5.74, 6) is 0. The standard InChI is InChI=1S/C13H6BrClN4S/c14-8-5-7(6-16)1-3-10(8)17-12-9(15)2-4-11-13(12)19-20-18-11/h1-5,17H. The third-order valence-corrected chi connectivity index (χ3v) is 4.25. The summed E-state index contributed by atoms with van der Waals surface area (Å²) in [6.07, 6.45) is 0. The molecule has 0 amide bonds. The van der Waals surface area contributed by atoms with Crippen LogP contribution in [-0.2, 0) is 0 Å². The van der Waals surface area contributed by atoms with Crippen molar-refractivity contribution < 1.29 is 0 Å². The summed E-state index contributed by atoms with van der Waals surface area (Å²) >= 11 is 10.8. The summed E-state index contributed by atoms with van der Waals surface area (Å²) in [4.78, 5) is 0. The molecule has 0 radical (unpaired) electrons. The lowest BCUT2D eigenvalue weighted by atomic mass is 10.2. The summed E-state index contributed by atoms with van der Waals surface area (Å²) < 4.78 is 9.23. The zero-order chi connectivity index (χ0) is 14.1. The van der Waals surface area contributed by atoms with Crippen molar-refractivity contribution in [1.29, 1.82) is 5.26 Å². The first kappa shape index (κ1) is 13.3. The minimum atomic E-state index is 0.571. The monoisotopic (exact) mass is 364 g/mol. The van der Waals surface area contributed by atoms with Gasteiger partial charge in [0.05, 0.1) is 39.8 Å². The highest BCUT2D eigenvalue weighted by molar-refractivity contribution is 9.10. The second-order valence-electron chi connectivity index (χ2n) is 3.99. The molecule has 0 saturated heterocycles. The van der Waals surface area contributed by atoms with E-state index in [1.165, 1.54) is 0 Å². The maximum Gasteiger partial charge on any atom is 0.129 e. The lowest BCUT2D eigenvalue weighted by Crippen LogP contribution is -1.94. The molecule has 0 aliphatic carbocycles. The molecule has 3 rings (SSSR count). The number of rotatable bonds is 2. The van der Waals surface area contributed by atoms with Gasteiger partial charge in [-0.05, 0) is 46.3 Å². The van der Waals surface area contributed by atoms with Gasteiger partial charge in [0.25, 0.3) is 0 Å². The molecule has 3 aromatic rings. The van der Waals surface area contributed by atoms with Crippen LogP contribution in [0, 0.1) is 11.3 Å². The minimum Gasteiger partial charge on any atom is -0.352 e. The van der Waals surface area contributed by atoms with E-state index in [0.29, 0.717) is 16.3 Å². The summed E-state index contributed by atoms with van der Waals surface area (Å²) in [7, 11) is 0. The van der Waals surface area contributed by atoms with Gasteiger partial charge in [0.2, 0.25) is 0 Å². The smallest absolute Gasteiger partial charge is 0.129 e. The zero-order valence-electron chi connectivity index (χ0n) is 9.89. The SMILES string of the molecule is N#Cc1ccc(Nc2c(Cl)ccc3nsnc23)c(Br)c1. The normalized spacial score (nSPS) is 10.4. The molecule has 1 aromatic heterocycles. The lowest BCUT2D eigenvalue weighted by Gasteiger charge is -2.10. The van der Waals surface area contributed by atoms with Crippen molar-refractivity contribution in [3.63, 3.8) is 0 Å². The highest BCUT2D eigenvalue weighted by atomic mass is 79.9. The van der Waals surface area contributed by atoms with Gasteiger partial charge in [-0.25, -0.2) is 0 Å². The van der Waals surface area contributed by atoms with Crippen LogP contribution in [0.5, 0.6) is 0 Å². The van der Waals surface area contributed by atoms with Crippen LogP contribution in [0.1, 0.15) is 5.56 Å². The number of benzene rings is 2. The lowest BCUT2D eigenvalue weighted by molar-refractivity contribution is 1.46. The van der Waals surface area contributed by atoms with Gasteiger partial charge < -0.3 is 5.32 Å². The Morgan fingerprint density at radius 1 is 1.25 bits per heavy atom. The Morgan fingerprint density at radius 3 is 2.85 bits per heavy atom. The molecule has 1 N–H and O–H groups in total. The van der Waals surface area contributed by atoms with E-state index in [-0.39, 0.29) is 0 Å². The van der Waals surface area contributed by atoms with Crippen molar-refractivity contribution in [3.05, 3.63) is 45.4 Å². The summed E-state index contributed by atoms with van der Waals surface area (Å²) in [6.45, 7) is 0. The maximum absolute atomic E-state index is 8.87. The maximum atomic E-state index is 8.87. The van der Waals surface area contributed by atoms with Gasteiger partial charge in [0.1, 0.15) is 11.0 Å². The van der Waals surface area contributed by atoms with Crippen LogP contribution in [0.2, 0.25) is 5.02 Å². The molecule has 20 heavy (non-hydrogen) atoms. The van der Waals surface area contributed by atoms with Crippen molar-refractivity contribution in [2.45, 2.75) is 0 Å². The van der Waals surface area contributed by atoms with E-state index in [1.807, 2.05) is 12.1 Å². The van der Waals surface area contributed by atoms with E-state index in [9.17, 15) is 0 Å². The molecular formula is C13H6BrClN4S. The molecule has 1 heterocycles. The molecule has 0 spiro atoms. The highest BCUT2D eigenvalue weighted by Gasteiger charge is 2.11. The van der Waals surface area contributed by atoms with Crippen molar-refractivity contribution >= 4 is 61.7 Å². The van der Waals surface area contributed by atoms with Gasteiger partial charge >= 0.3 is 0 Å². The van der Waals surface area contributed by atoms with E-state index >= 15 is 0 Å². The molecule has 0 saturated carbocycles. The number of hydrogen-bond acceptors (Lipinski definition) is 5. The van der Waals surface area contributed by atoms with Crippen molar-refractivity contribution in [2.75, 3.05) is 5.32 Å². The predicted molar refractivity (Wildman–Crippen MR) is 84.6 cm³/mol. The van der Waals surface area contributed by atoms with Crippen molar-refractivity contribution in [1.82, 2.24) is 8.75 Å². The van der Waals surface area contributed by atoms with Crippen molar-refractivity contribution in [2.24, 2.45) is 0 Å². The Balaban J connectivity index is 2.07. The molecule has 0 fully saturated rings. The number of nitrogens with zero attached hydrogens (tertiary/aromatic N) is 3. The Morgan fingerprint density at radius 2 is 2.10 bits per heavy atom. The van der Waals surface area contributed by atoms with Crippen LogP contribution in [-0.4, -0.2) is 8.75 Å². The molecule has 0 unspecified atom stereocenters. The molecule has 2 aromatic carbocycles. The number of nitriles is 1. The first-order valence-corrected chi connectivity index (χ1v) is 7.46. The fourth-order valence-electron chi connectivity index (χ4n) is 1.77. The second kappa shape index (κ2) is 5.37. The number of fused-ring (bicyclic) bond motifs is 1. The van der Waals surface area contributed by atoms with Gasteiger partial charge in [0, 0.05) is 4.47 Å². The van der Waals surface area contributed by atoms with Gasteiger partial charge in [-0.15, -0.1) is 0 Å². The van der Waals surface area contributed by atoms with E-state index < -0.39 is 0 Å². The average Bonchev–Trinajstić information content (AvgIpc) is 2.92. The summed E-state index contributed by atoms with van der Waals surface area (Å²) in [5, 5.41) is 12.7. The number of anilines is 2. The number of nitrogens with one attached hydrogen (secondary N) is 1. The summed E-state index contributed by atoms with van der Waals surface area (Å²) in [6, 6.07) is 11.0. The third kappa shape index (κ3) is 2.36. The summed E-state index contributed by atoms with van der Waals surface area (Å²) in [5.41, 5.74) is 3.64. The van der Waals surface area contributed by atoms with Crippen LogP contribution in [0.3, 0.4) is 0 Å². The highest BCUT2D eigenvalue weighted by Crippen LogP contribution is 2.35. The molecular weight excluding hydrogens is 360 g/mol. The number of aromatic nitrogens is 2. The number of halogens is 2. The van der Waals surface area contributed by atoms with Crippen LogP contribution >= 0.6 is 39.3 Å². The van der Waals surface area contributed by atoms with Gasteiger partial charge in [0.15, 0.2) is 0 Å². The van der Waals surface area contributed by atoms with E-state index in [4.69, 9.17) is 16.9 Å². The van der Waals surface area contributed by atoms with Crippen LogP contribution in [0.4, 0.5) is 11.4 Å². The molecule has 0 atom stereocenters. The Kier molecular flexibility index (Phi) is 3.57. The van der Waals surface area contributed by atoms with Gasteiger partial charge in [-0.1, -0.05) is 11.6 Å².